The van der Waals surface area contributed by atoms with Crippen LogP contribution < -0.4 is 33.5 Å². The fourth-order valence-corrected chi connectivity index (χ4v) is 4.00. The molecule has 40 heavy (non-hydrogen) atoms. The van der Waals surface area contributed by atoms with Gasteiger partial charge in [-0.3, -0.25) is 19.6 Å². The zero-order chi connectivity index (χ0) is 30.1. The Bertz CT molecular complexity index is 1170. The van der Waals surface area contributed by atoms with Gasteiger partial charge in [0, 0.05) is 37.8 Å². The van der Waals surface area contributed by atoms with Crippen LogP contribution in [0.1, 0.15) is 44.9 Å². The monoisotopic (exact) mass is 565 g/mol. The summed E-state index contributed by atoms with van der Waals surface area (Å²) in [6, 6.07) is -2.57. The van der Waals surface area contributed by atoms with E-state index in [1.807, 2.05) is 13.8 Å². The number of carboxylic acid groups (broad SMARTS) is 1. The van der Waals surface area contributed by atoms with Gasteiger partial charge in [-0.05, 0) is 24.8 Å². The van der Waals surface area contributed by atoms with Crippen molar-refractivity contribution in [3.63, 3.8) is 0 Å². The molecule has 11 N–H and O–H groups in total. The van der Waals surface area contributed by atoms with Gasteiger partial charge in [0.25, 0.3) is 0 Å². The highest BCUT2D eigenvalue weighted by molar-refractivity contribution is 5.84. The number of guanidine groups is 1. The lowest BCUT2D eigenvalue weighted by Crippen LogP contribution is -2.52. The number of ether oxygens (including phenoxy) is 1. The van der Waals surface area contributed by atoms with Crippen LogP contribution in [0.15, 0.2) is 23.1 Å². The molecule has 5 atom stereocenters. The van der Waals surface area contributed by atoms with Crippen LogP contribution in [0.25, 0.3) is 0 Å². The van der Waals surface area contributed by atoms with Gasteiger partial charge >= 0.3 is 11.7 Å². The quantitative estimate of drug-likeness (QED) is 0.0719. The Balaban J connectivity index is 2.17. The van der Waals surface area contributed by atoms with E-state index in [1.54, 1.807) is 7.05 Å². The number of amides is 2. The van der Waals surface area contributed by atoms with Crippen molar-refractivity contribution in [2.75, 3.05) is 19.3 Å². The Morgan fingerprint density at radius 3 is 2.55 bits per heavy atom. The number of nitrogens with zero attached hydrogens (tertiary/aromatic N) is 3. The highest BCUT2D eigenvalue weighted by atomic mass is 16.5. The first-order chi connectivity index (χ1) is 18.7. The Morgan fingerprint density at radius 1 is 1.30 bits per heavy atom. The van der Waals surface area contributed by atoms with Gasteiger partial charge in [0.05, 0.1) is 18.7 Å². The summed E-state index contributed by atoms with van der Waals surface area (Å²) in [6.07, 6.45) is 1.69. The molecular formula is C24H39N9O7. The molecule has 0 aliphatic carbocycles. The van der Waals surface area contributed by atoms with Crippen molar-refractivity contribution in [2.24, 2.45) is 17.4 Å². The molecule has 0 saturated carbocycles. The molecule has 2 amide bonds. The molecule has 0 bridgehead atoms. The van der Waals surface area contributed by atoms with E-state index in [1.165, 1.54) is 23.2 Å². The van der Waals surface area contributed by atoms with E-state index in [4.69, 9.17) is 27.3 Å². The molecular weight excluding hydrogens is 526 g/mol. The molecule has 1 aliphatic rings. The van der Waals surface area contributed by atoms with E-state index < -0.39 is 60.5 Å². The lowest BCUT2D eigenvalue weighted by atomic mass is 10.0. The number of carboxylic acids is 1. The predicted octanol–water partition coefficient (Wildman–Crippen LogP) is -2.20. The average Bonchev–Trinajstić information content (AvgIpc) is 2.86. The van der Waals surface area contributed by atoms with Gasteiger partial charge in [0.15, 0.2) is 18.3 Å². The molecule has 16 nitrogen and oxygen atoms in total. The smallest absolute Gasteiger partial charge is 0.351 e. The fraction of sp³-hybridized carbons (Fsp3) is 0.583. The lowest BCUT2D eigenvalue weighted by Gasteiger charge is -2.31. The molecule has 2 heterocycles. The van der Waals surface area contributed by atoms with Crippen LogP contribution in [0.5, 0.6) is 0 Å². The molecule has 0 fully saturated rings. The molecule has 0 aromatic carbocycles. The minimum absolute atomic E-state index is 0.149. The van der Waals surface area contributed by atoms with E-state index in [0.717, 1.165) is 4.57 Å². The predicted molar refractivity (Wildman–Crippen MR) is 145 cm³/mol. The lowest BCUT2D eigenvalue weighted by molar-refractivity contribution is -0.159. The van der Waals surface area contributed by atoms with E-state index in [2.05, 4.69) is 15.6 Å². The summed E-state index contributed by atoms with van der Waals surface area (Å²) in [5, 5.41) is 32.0. The molecule has 16 heteroatoms. The Kier molecular flexibility index (Phi) is 11.6. The summed E-state index contributed by atoms with van der Waals surface area (Å²) < 4.78 is 6.56. The minimum Gasteiger partial charge on any atom is -0.479 e. The number of aromatic nitrogens is 2. The van der Waals surface area contributed by atoms with Crippen LogP contribution in [-0.4, -0.2) is 86.2 Å². The maximum absolute atomic E-state index is 13.0. The number of aliphatic carboxylic acids is 1. The van der Waals surface area contributed by atoms with Crippen molar-refractivity contribution in [1.29, 1.82) is 5.41 Å². The van der Waals surface area contributed by atoms with Gasteiger partial charge in [-0.2, -0.15) is 4.98 Å². The highest BCUT2D eigenvalue weighted by Gasteiger charge is 2.35. The number of aliphatic hydroxyl groups excluding tert-OH is 1. The van der Waals surface area contributed by atoms with Gasteiger partial charge in [0.2, 0.25) is 11.8 Å². The molecule has 0 spiro atoms. The van der Waals surface area contributed by atoms with Crippen molar-refractivity contribution in [3.05, 3.63) is 34.4 Å². The number of carbonyl (C=O) groups is 3. The zero-order valence-electron chi connectivity index (χ0n) is 22.7. The third-order valence-corrected chi connectivity index (χ3v) is 6.24. The number of carbonyl (C=O) groups excluding carboxylic acids is 2. The third-order valence-electron chi connectivity index (χ3n) is 6.24. The van der Waals surface area contributed by atoms with Crippen molar-refractivity contribution in [3.8, 4) is 0 Å². The van der Waals surface area contributed by atoms with Crippen LogP contribution >= 0.6 is 0 Å². The van der Waals surface area contributed by atoms with Crippen molar-refractivity contribution in [1.82, 2.24) is 25.1 Å². The molecule has 1 aromatic rings. The number of anilines is 1. The molecule has 1 aliphatic heterocycles. The van der Waals surface area contributed by atoms with Crippen LogP contribution in [0.4, 0.5) is 5.82 Å². The van der Waals surface area contributed by atoms with Crippen molar-refractivity contribution < 1.29 is 29.3 Å². The van der Waals surface area contributed by atoms with Crippen LogP contribution in [0.2, 0.25) is 0 Å². The fourth-order valence-electron chi connectivity index (χ4n) is 4.00. The van der Waals surface area contributed by atoms with Crippen LogP contribution in [0.3, 0.4) is 0 Å². The van der Waals surface area contributed by atoms with Gasteiger partial charge in [0.1, 0.15) is 5.82 Å². The molecule has 222 valence electrons. The third kappa shape index (κ3) is 9.03. The summed E-state index contributed by atoms with van der Waals surface area (Å²) in [7, 11) is 1.59. The first-order valence-electron chi connectivity index (χ1n) is 12.7. The van der Waals surface area contributed by atoms with E-state index in [9.17, 15) is 29.4 Å². The first kappa shape index (κ1) is 32.2. The second-order valence-electron chi connectivity index (χ2n) is 10.0. The summed E-state index contributed by atoms with van der Waals surface area (Å²) in [5.74, 6) is -2.58. The van der Waals surface area contributed by atoms with Gasteiger partial charge in [-0.1, -0.05) is 19.9 Å². The van der Waals surface area contributed by atoms with Gasteiger partial charge in [-0.25, -0.2) is 9.59 Å². The standard InChI is InChI=1S/C24H39N9O7/c1-12(2)8-15(25)21(36)29-14(6-7-32(3)23(27)28)9-17(35)30-16-4-5-18(40-19(16)22(37)38)33-10-13(11-34)20(26)31-24(33)39/h4-5,10,12,14-16,18-19,34H,6-9,11,25H2,1-3H3,(H3,27,28)(H,29,36)(H,30,35)(H,37,38)(H2,26,31,39). The number of nitrogens with two attached hydrogens (primary N) is 3. The SMILES string of the molecule is CC(C)CC(N)C(=O)NC(CCN(C)C(=N)N)CC(=O)NC1C=CC(n2cc(CO)c(N)nc2=O)OC1C(=O)O. The average molecular weight is 566 g/mol. The molecule has 0 saturated heterocycles. The first-order valence-corrected chi connectivity index (χ1v) is 12.7. The molecule has 2 rings (SSSR count). The van der Waals surface area contributed by atoms with Gasteiger partial charge in [-0.15, -0.1) is 0 Å². The van der Waals surface area contributed by atoms with E-state index in [0.29, 0.717) is 6.42 Å². The summed E-state index contributed by atoms with van der Waals surface area (Å²) >= 11 is 0. The Hall–Kier alpha value is -4.02. The second-order valence-corrected chi connectivity index (χ2v) is 10.0. The normalized spacial score (nSPS) is 20.0. The Morgan fingerprint density at radius 2 is 1.98 bits per heavy atom. The van der Waals surface area contributed by atoms with Gasteiger partial charge < -0.3 is 47.7 Å². The van der Waals surface area contributed by atoms with E-state index in [-0.39, 0.29) is 42.6 Å². The van der Waals surface area contributed by atoms with Crippen LogP contribution in [0, 0.1) is 11.3 Å². The second kappa shape index (κ2) is 14.4. The molecule has 5 unspecified atom stereocenters. The zero-order valence-corrected chi connectivity index (χ0v) is 22.7. The number of rotatable bonds is 13. The number of nitrogen functional groups attached to an aromatic ring is 1. The van der Waals surface area contributed by atoms with Crippen molar-refractivity contribution in [2.45, 2.75) is 70.2 Å². The highest BCUT2D eigenvalue weighted by Crippen LogP contribution is 2.22. The summed E-state index contributed by atoms with van der Waals surface area (Å²) in [5.41, 5.74) is 16.4. The van der Waals surface area contributed by atoms with Crippen molar-refractivity contribution >= 4 is 29.6 Å². The minimum atomic E-state index is -1.57. The largest absolute Gasteiger partial charge is 0.479 e. The maximum atomic E-state index is 13.0. The number of hydrogen-bond acceptors (Lipinski definition) is 10. The Labute approximate surface area is 231 Å². The number of hydrogen-bond donors (Lipinski definition) is 8. The molecule has 1 aromatic heterocycles. The number of aliphatic hydroxyl groups is 1. The topological polar surface area (TPSA) is 265 Å². The van der Waals surface area contributed by atoms with E-state index >= 15 is 0 Å². The number of nitrogens with one attached hydrogen (secondary N) is 3. The summed E-state index contributed by atoms with van der Waals surface area (Å²) in [6.45, 7) is 3.61. The summed E-state index contributed by atoms with van der Waals surface area (Å²) in [4.78, 5) is 54.9. The molecule has 0 radical (unpaired) electrons. The van der Waals surface area contributed by atoms with Crippen LogP contribution in [-0.2, 0) is 25.7 Å². The maximum Gasteiger partial charge on any atom is 0.351 e.